The van der Waals surface area contributed by atoms with Gasteiger partial charge in [-0.05, 0) is 48.2 Å². The van der Waals surface area contributed by atoms with Crippen LogP contribution in [0.25, 0.3) is 5.57 Å². The normalized spacial score (nSPS) is 10.6. The fourth-order valence-electron chi connectivity index (χ4n) is 2.07. The quantitative estimate of drug-likeness (QED) is 0.840. The maximum atomic E-state index is 14.2. The smallest absolute Gasteiger partial charge is 0.258 e. The third-order valence-electron chi connectivity index (χ3n) is 3.59. The Bertz CT molecular complexity index is 702. The number of benzene rings is 2. The first kappa shape index (κ1) is 16.0. The van der Waals surface area contributed by atoms with Crippen LogP contribution in [0.15, 0.2) is 49.0 Å². The van der Waals surface area contributed by atoms with Gasteiger partial charge in [0.25, 0.3) is 5.91 Å². The highest BCUT2D eigenvalue weighted by molar-refractivity contribution is 6.04. The first-order valence-corrected chi connectivity index (χ1v) is 7.25. The minimum Gasteiger partial charge on any atom is -0.322 e. The van der Waals surface area contributed by atoms with Crippen LogP contribution in [0.1, 0.15) is 35.3 Å². The van der Waals surface area contributed by atoms with Crippen molar-refractivity contribution in [2.45, 2.75) is 20.8 Å². The summed E-state index contributed by atoms with van der Waals surface area (Å²) >= 11 is 0. The summed E-state index contributed by atoms with van der Waals surface area (Å²) in [4.78, 5) is 12.2. The van der Waals surface area contributed by atoms with Crippen molar-refractivity contribution in [3.63, 3.8) is 0 Å². The summed E-state index contributed by atoms with van der Waals surface area (Å²) in [6.45, 7) is 9.91. The highest BCUT2D eigenvalue weighted by atomic mass is 19.1. The second kappa shape index (κ2) is 6.56. The van der Waals surface area contributed by atoms with Crippen molar-refractivity contribution in [2.75, 3.05) is 5.32 Å². The lowest BCUT2D eigenvalue weighted by atomic mass is 9.96. The van der Waals surface area contributed by atoms with E-state index in [-0.39, 0.29) is 11.5 Å². The molecule has 2 aromatic rings. The predicted molar refractivity (Wildman–Crippen MR) is 89.4 cm³/mol. The molecule has 22 heavy (non-hydrogen) atoms. The number of carbonyl (C=O) groups is 1. The number of carbonyl (C=O) groups excluding carboxylic acids is 1. The minimum atomic E-state index is -0.538. The van der Waals surface area contributed by atoms with Gasteiger partial charge in [-0.1, -0.05) is 44.2 Å². The van der Waals surface area contributed by atoms with Gasteiger partial charge in [-0.2, -0.15) is 0 Å². The van der Waals surface area contributed by atoms with Crippen LogP contribution in [0, 0.1) is 18.7 Å². The number of rotatable bonds is 4. The second-order valence-electron chi connectivity index (χ2n) is 5.69. The monoisotopic (exact) mass is 297 g/mol. The van der Waals surface area contributed by atoms with Crippen LogP contribution in [0.3, 0.4) is 0 Å². The van der Waals surface area contributed by atoms with Gasteiger partial charge in [0.2, 0.25) is 0 Å². The lowest BCUT2D eigenvalue weighted by Crippen LogP contribution is -2.14. The van der Waals surface area contributed by atoms with E-state index in [9.17, 15) is 9.18 Å². The Morgan fingerprint density at radius 3 is 2.32 bits per heavy atom. The molecule has 0 aliphatic heterocycles. The zero-order chi connectivity index (χ0) is 16.3. The number of amides is 1. The molecule has 2 aromatic carbocycles. The SMILES string of the molecule is C=C(c1ccc(C(=O)Nc2ccc(C)cc2)c(F)c1)C(C)C. The lowest BCUT2D eigenvalue weighted by molar-refractivity contribution is 0.102. The van der Waals surface area contributed by atoms with Crippen molar-refractivity contribution >= 4 is 17.2 Å². The zero-order valence-corrected chi connectivity index (χ0v) is 13.1. The van der Waals surface area contributed by atoms with E-state index in [0.29, 0.717) is 5.69 Å². The summed E-state index contributed by atoms with van der Waals surface area (Å²) in [6.07, 6.45) is 0. The molecule has 3 heteroatoms. The Hall–Kier alpha value is -2.42. The van der Waals surface area contributed by atoms with E-state index in [1.807, 2.05) is 32.9 Å². The molecular weight excluding hydrogens is 277 g/mol. The molecule has 0 saturated carbocycles. The van der Waals surface area contributed by atoms with Gasteiger partial charge in [-0.3, -0.25) is 4.79 Å². The molecule has 0 atom stereocenters. The van der Waals surface area contributed by atoms with Gasteiger partial charge in [0.1, 0.15) is 5.82 Å². The number of halogens is 1. The van der Waals surface area contributed by atoms with Crippen molar-refractivity contribution in [3.8, 4) is 0 Å². The van der Waals surface area contributed by atoms with Crippen molar-refractivity contribution in [1.29, 1.82) is 0 Å². The van der Waals surface area contributed by atoms with Gasteiger partial charge in [0.05, 0.1) is 5.56 Å². The first-order valence-electron chi connectivity index (χ1n) is 7.25. The molecule has 1 N–H and O–H groups in total. The van der Waals surface area contributed by atoms with Gasteiger partial charge >= 0.3 is 0 Å². The maximum Gasteiger partial charge on any atom is 0.258 e. The highest BCUT2D eigenvalue weighted by Crippen LogP contribution is 2.23. The summed E-state index contributed by atoms with van der Waals surface area (Å²) in [5, 5.41) is 2.70. The van der Waals surface area contributed by atoms with E-state index in [2.05, 4.69) is 11.9 Å². The van der Waals surface area contributed by atoms with Gasteiger partial charge in [-0.25, -0.2) is 4.39 Å². The van der Waals surface area contributed by atoms with Crippen LogP contribution >= 0.6 is 0 Å². The Balaban J connectivity index is 2.20. The van der Waals surface area contributed by atoms with Gasteiger partial charge in [0, 0.05) is 5.69 Å². The van der Waals surface area contributed by atoms with Crippen LogP contribution < -0.4 is 5.32 Å². The van der Waals surface area contributed by atoms with E-state index in [0.717, 1.165) is 16.7 Å². The molecule has 0 spiro atoms. The molecule has 0 saturated heterocycles. The summed E-state index contributed by atoms with van der Waals surface area (Å²) in [5.41, 5.74) is 3.34. The van der Waals surface area contributed by atoms with E-state index in [1.165, 1.54) is 12.1 Å². The molecule has 0 unspecified atom stereocenters. The molecule has 0 aliphatic carbocycles. The van der Waals surface area contributed by atoms with Crippen LogP contribution in [0.4, 0.5) is 10.1 Å². The third-order valence-corrected chi connectivity index (χ3v) is 3.59. The standard InChI is InChI=1S/C19H20FNO/c1-12(2)14(4)15-7-10-17(18(20)11-15)19(22)21-16-8-5-13(3)6-9-16/h5-12H,4H2,1-3H3,(H,21,22). The summed E-state index contributed by atoms with van der Waals surface area (Å²) < 4.78 is 14.2. The third kappa shape index (κ3) is 3.61. The van der Waals surface area contributed by atoms with Crippen LogP contribution in [0.2, 0.25) is 0 Å². The highest BCUT2D eigenvalue weighted by Gasteiger charge is 2.14. The number of hydrogen-bond acceptors (Lipinski definition) is 1. The summed E-state index contributed by atoms with van der Waals surface area (Å²) in [5.74, 6) is -0.765. The molecule has 2 nitrogen and oxygen atoms in total. The Morgan fingerprint density at radius 1 is 1.14 bits per heavy atom. The van der Waals surface area contributed by atoms with Gasteiger partial charge in [-0.15, -0.1) is 0 Å². The molecule has 0 bridgehead atoms. The van der Waals surface area contributed by atoms with E-state index >= 15 is 0 Å². The predicted octanol–water partition coefficient (Wildman–Crippen LogP) is 5.06. The van der Waals surface area contributed by atoms with Crippen molar-refractivity contribution in [3.05, 3.63) is 71.6 Å². The maximum absolute atomic E-state index is 14.2. The second-order valence-corrected chi connectivity index (χ2v) is 5.69. The molecule has 2 rings (SSSR count). The molecule has 0 fully saturated rings. The van der Waals surface area contributed by atoms with Crippen LogP contribution in [0.5, 0.6) is 0 Å². The summed E-state index contributed by atoms with van der Waals surface area (Å²) in [6, 6.07) is 12.0. The van der Waals surface area contributed by atoms with E-state index < -0.39 is 11.7 Å². The number of aryl methyl sites for hydroxylation is 1. The molecule has 0 heterocycles. The average molecular weight is 297 g/mol. The fourth-order valence-corrected chi connectivity index (χ4v) is 2.07. The summed E-state index contributed by atoms with van der Waals surface area (Å²) in [7, 11) is 0. The van der Waals surface area contributed by atoms with Crippen molar-refractivity contribution in [1.82, 2.24) is 0 Å². The zero-order valence-electron chi connectivity index (χ0n) is 13.1. The average Bonchev–Trinajstić information content (AvgIpc) is 2.48. The fraction of sp³-hybridized carbons (Fsp3) is 0.211. The molecule has 0 aromatic heterocycles. The lowest BCUT2D eigenvalue weighted by Gasteiger charge is -2.11. The van der Waals surface area contributed by atoms with Crippen molar-refractivity contribution < 1.29 is 9.18 Å². The minimum absolute atomic E-state index is 0.0286. The largest absolute Gasteiger partial charge is 0.322 e. The van der Waals surface area contributed by atoms with Crippen LogP contribution in [-0.4, -0.2) is 5.91 Å². The molecular formula is C19H20FNO. The Kier molecular flexibility index (Phi) is 4.76. The van der Waals surface area contributed by atoms with E-state index in [4.69, 9.17) is 0 Å². The van der Waals surface area contributed by atoms with Gasteiger partial charge in [0.15, 0.2) is 0 Å². The topological polar surface area (TPSA) is 29.1 Å². The van der Waals surface area contributed by atoms with Crippen LogP contribution in [-0.2, 0) is 0 Å². The molecule has 0 radical (unpaired) electrons. The number of allylic oxidation sites excluding steroid dienone is 1. The molecule has 1 amide bonds. The number of hydrogen-bond donors (Lipinski definition) is 1. The van der Waals surface area contributed by atoms with Gasteiger partial charge < -0.3 is 5.32 Å². The Morgan fingerprint density at radius 2 is 1.77 bits per heavy atom. The van der Waals surface area contributed by atoms with Crippen molar-refractivity contribution in [2.24, 2.45) is 5.92 Å². The first-order chi connectivity index (χ1) is 10.4. The number of anilines is 1. The number of nitrogens with one attached hydrogen (secondary N) is 1. The Labute approximate surface area is 130 Å². The molecule has 0 aliphatic rings. The molecule has 114 valence electrons. The van der Waals surface area contributed by atoms with E-state index in [1.54, 1.807) is 18.2 Å².